The zero-order valence-corrected chi connectivity index (χ0v) is 10.4. The number of nitrogen functional groups attached to an aromatic ring is 1. The summed E-state index contributed by atoms with van der Waals surface area (Å²) < 4.78 is 5.22. The number of nitrogens with two attached hydrogens (primary N) is 1. The number of aryl methyl sites for hydroxylation is 1. The quantitative estimate of drug-likeness (QED) is 0.851. The van der Waals surface area contributed by atoms with E-state index in [4.69, 9.17) is 33.7 Å². The number of hydrogen-bond donors (Lipinski definition) is 1. The van der Waals surface area contributed by atoms with Crippen LogP contribution in [0.1, 0.15) is 5.69 Å². The van der Waals surface area contributed by atoms with Crippen molar-refractivity contribution in [3.8, 4) is 5.75 Å². The van der Waals surface area contributed by atoms with Crippen LogP contribution in [-0.4, -0.2) is 12.1 Å². The van der Waals surface area contributed by atoms with Gasteiger partial charge < -0.3 is 10.5 Å². The number of ether oxygens (including phenoxy) is 1. The first-order valence-corrected chi connectivity index (χ1v) is 5.39. The van der Waals surface area contributed by atoms with Crippen molar-refractivity contribution in [1.29, 1.82) is 0 Å². The fraction of sp³-hybridized carbons (Fsp3) is 0.182. The van der Waals surface area contributed by atoms with Crippen molar-refractivity contribution in [2.45, 2.75) is 6.92 Å². The first-order valence-electron chi connectivity index (χ1n) is 4.64. The summed E-state index contributed by atoms with van der Waals surface area (Å²) in [6.45, 7) is 1.79. The van der Waals surface area contributed by atoms with Crippen LogP contribution in [0.25, 0.3) is 10.9 Å². The summed E-state index contributed by atoms with van der Waals surface area (Å²) >= 11 is 12.1. The minimum absolute atomic E-state index is 0.438. The Morgan fingerprint density at radius 2 is 2.00 bits per heavy atom. The van der Waals surface area contributed by atoms with Gasteiger partial charge in [-0.25, -0.2) is 4.98 Å². The van der Waals surface area contributed by atoms with Gasteiger partial charge in [0.2, 0.25) is 0 Å². The maximum absolute atomic E-state index is 6.07. The van der Waals surface area contributed by atoms with Gasteiger partial charge in [-0.05, 0) is 19.1 Å². The highest BCUT2D eigenvalue weighted by atomic mass is 35.5. The van der Waals surface area contributed by atoms with E-state index < -0.39 is 0 Å². The molecule has 0 radical (unpaired) electrons. The fourth-order valence-electron chi connectivity index (χ4n) is 1.61. The molecule has 0 aliphatic carbocycles. The largest absolute Gasteiger partial charge is 0.496 e. The van der Waals surface area contributed by atoms with E-state index in [9.17, 15) is 0 Å². The number of methoxy groups -OCH3 is 1. The molecule has 3 nitrogen and oxygen atoms in total. The Morgan fingerprint density at radius 3 is 2.62 bits per heavy atom. The monoisotopic (exact) mass is 256 g/mol. The Labute approximate surface area is 103 Å². The van der Waals surface area contributed by atoms with Crippen molar-refractivity contribution in [2.24, 2.45) is 0 Å². The zero-order chi connectivity index (χ0) is 11.9. The Kier molecular flexibility index (Phi) is 2.82. The molecule has 2 aromatic rings. The van der Waals surface area contributed by atoms with Gasteiger partial charge in [0, 0.05) is 0 Å². The maximum Gasteiger partial charge on any atom is 0.130 e. The van der Waals surface area contributed by atoms with Crippen LogP contribution in [0, 0.1) is 6.92 Å². The second-order valence-corrected chi connectivity index (χ2v) is 4.18. The molecule has 0 saturated heterocycles. The number of hydrogen-bond acceptors (Lipinski definition) is 3. The van der Waals surface area contributed by atoms with Crippen LogP contribution in [0.3, 0.4) is 0 Å². The van der Waals surface area contributed by atoms with Crippen LogP contribution in [0.4, 0.5) is 5.69 Å². The number of nitrogens with zero attached hydrogens (tertiary/aromatic N) is 1. The van der Waals surface area contributed by atoms with Gasteiger partial charge >= 0.3 is 0 Å². The first kappa shape index (κ1) is 11.3. The van der Waals surface area contributed by atoms with E-state index in [1.165, 1.54) is 0 Å². The van der Waals surface area contributed by atoms with E-state index in [0.29, 0.717) is 38.1 Å². The molecule has 0 amide bonds. The van der Waals surface area contributed by atoms with Crippen LogP contribution in [0.15, 0.2) is 12.1 Å². The predicted molar refractivity (Wildman–Crippen MR) is 67.5 cm³/mol. The number of pyridine rings is 1. The lowest BCUT2D eigenvalue weighted by Gasteiger charge is -2.11. The van der Waals surface area contributed by atoms with E-state index in [1.807, 2.05) is 0 Å². The van der Waals surface area contributed by atoms with Gasteiger partial charge in [-0.2, -0.15) is 0 Å². The van der Waals surface area contributed by atoms with Gasteiger partial charge in [-0.15, -0.1) is 0 Å². The second kappa shape index (κ2) is 4.00. The molecule has 0 unspecified atom stereocenters. The molecule has 0 spiro atoms. The third-order valence-electron chi connectivity index (χ3n) is 2.41. The smallest absolute Gasteiger partial charge is 0.130 e. The minimum Gasteiger partial charge on any atom is -0.496 e. The minimum atomic E-state index is 0.438. The van der Waals surface area contributed by atoms with Crippen molar-refractivity contribution >= 4 is 39.8 Å². The predicted octanol–water partition coefficient (Wildman–Crippen LogP) is 3.44. The number of benzene rings is 1. The van der Waals surface area contributed by atoms with Crippen molar-refractivity contribution < 1.29 is 4.74 Å². The summed E-state index contributed by atoms with van der Waals surface area (Å²) in [4.78, 5) is 4.32. The number of fused-ring (bicyclic) bond motifs is 1. The van der Waals surface area contributed by atoms with E-state index in [0.717, 1.165) is 0 Å². The average molecular weight is 257 g/mol. The molecule has 2 rings (SSSR count). The molecule has 1 aromatic heterocycles. The normalized spacial score (nSPS) is 10.8. The second-order valence-electron chi connectivity index (χ2n) is 3.40. The lowest BCUT2D eigenvalue weighted by molar-refractivity contribution is 0.420. The SMILES string of the molecule is COc1ccc(Cl)c2nc(C)c(Cl)c(N)c12. The van der Waals surface area contributed by atoms with Gasteiger partial charge in [-0.3, -0.25) is 0 Å². The van der Waals surface area contributed by atoms with Crippen molar-refractivity contribution in [3.05, 3.63) is 27.9 Å². The topological polar surface area (TPSA) is 48.1 Å². The van der Waals surface area contributed by atoms with Gasteiger partial charge in [0.1, 0.15) is 5.75 Å². The van der Waals surface area contributed by atoms with Crippen molar-refractivity contribution in [1.82, 2.24) is 4.98 Å². The van der Waals surface area contributed by atoms with Gasteiger partial charge in [0.05, 0.1) is 39.4 Å². The van der Waals surface area contributed by atoms with E-state index >= 15 is 0 Å². The molecule has 0 saturated carbocycles. The number of aromatic nitrogens is 1. The van der Waals surface area contributed by atoms with Crippen molar-refractivity contribution in [2.75, 3.05) is 12.8 Å². The molecule has 1 heterocycles. The van der Waals surface area contributed by atoms with Gasteiger partial charge in [0.25, 0.3) is 0 Å². The van der Waals surface area contributed by atoms with Crippen LogP contribution in [-0.2, 0) is 0 Å². The summed E-state index contributed by atoms with van der Waals surface area (Å²) in [6, 6.07) is 3.47. The standard InChI is InChI=1S/C11H10Cl2N2O/c1-5-9(13)10(14)8-7(16-2)4-3-6(12)11(8)15-5/h3-4H,1-2H3,(H2,14,15). The summed E-state index contributed by atoms with van der Waals surface area (Å²) in [6.07, 6.45) is 0. The third-order valence-corrected chi connectivity index (χ3v) is 3.20. The highest BCUT2D eigenvalue weighted by Gasteiger charge is 2.14. The maximum atomic E-state index is 6.07. The lowest BCUT2D eigenvalue weighted by atomic mass is 10.1. The zero-order valence-electron chi connectivity index (χ0n) is 8.84. The van der Waals surface area contributed by atoms with Gasteiger partial charge in [-0.1, -0.05) is 23.2 Å². The lowest BCUT2D eigenvalue weighted by Crippen LogP contribution is -1.97. The number of halogens is 2. The molecular weight excluding hydrogens is 247 g/mol. The highest BCUT2D eigenvalue weighted by molar-refractivity contribution is 6.38. The molecule has 1 aromatic carbocycles. The third kappa shape index (κ3) is 1.56. The summed E-state index contributed by atoms with van der Waals surface area (Å²) in [7, 11) is 1.57. The summed E-state index contributed by atoms with van der Waals surface area (Å²) in [5, 5.41) is 1.63. The van der Waals surface area contributed by atoms with Crippen LogP contribution in [0.5, 0.6) is 5.75 Å². The molecule has 0 aliphatic rings. The van der Waals surface area contributed by atoms with E-state index in [2.05, 4.69) is 4.98 Å². The Bertz CT molecular complexity index is 570. The molecule has 16 heavy (non-hydrogen) atoms. The molecular formula is C11H10Cl2N2O. The number of rotatable bonds is 1. The Hall–Kier alpha value is -1.19. The average Bonchev–Trinajstić information content (AvgIpc) is 2.27. The molecule has 0 aliphatic heterocycles. The number of anilines is 1. The van der Waals surface area contributed by atoms with Crippen LogP contribution < -0.4 is 10.5 Å². The highest BCUT2D eigenvalue weighted by Crippen LogP contribution is 2.38. The fourth-order valence-corrected chi connectivity index (χ4v) is 1.94. The van der Waals surface area contributed by atoms with Crippen LogP contribution in [0.2, 0.25) is 10.0 Å². The van der Waals surface area contributed by atoms with Crippen molar-refractivity contribution in [3.63, 3.8) is 0 Å². The first-order chi connectivity index (χ1) is 7.56. The van der Waals surface area contributed by atoms with E-state index in [-0.39, 0.29) is 0 Å². The Balaban J connectivity index is 2.99. The summed E-state index contributed by atoms with van der Waals surface area (Å²) in [5.74, 6) is 0.617. The molecule has 0 fully saturated rings. The molecule has 2 N–H and O–H groups in total. The molecule has 0 bridgehead atoms. The van der Waals surface area contributed by atoms with Gasteiger partial charge in [0.15, 0.2) is 0 Å². The Morgan fingerprint density at radius 1 is 1.31 bits per heavy atom. The molecule has 5 heteroatoms. The molecule has 84 valence electrons. The van der Waals surface area contributed by atoms with Crippen LogP contribution >= 0.6 is 23.2 Å². The van der Waals surface area contributed by atoms with E-state index in [1.54, 1.807) is 26.2 Å². The summed E-state index contributed by atoms with van der Waals surface area (Å²) in [5.41, 5.74) is 7.67. The molecule has 0 atom stereocenters.